The van der Waals surface area contributed by atoms with E-state index >= 15 is 0 Å². The van der Waals surface area contributed by atoms with E-state index in [0.717, 1.165) is 39.9 Å². The molecule has 0 spiro atoms. The largest absolute Gasteiger partial charge is 0.490 e. The highest BCUT2D eigenvalue weighted by Crippen LogP contribution is 2.39. The van der Waals surface area contributed by atoms with Crippen molar-refractivity contribution in [2.75, 3.05) is 20.7 Å². The van der Waals surface area contributed by atoms with Crippen LogP contribution in [0.4, 0.5) is 0 Å². The van der Waals surface area contributed by atoms with Crippen molar-refractivity contribution >= 4 is 27.5 Å². The number of benzene rings is 1. The summed E-state index contributed by atoms with van der Waals surface area (Å²) in [6.45, 7) is 2.17. The number of carbonyl (C=O) groups excluding carboxylic acids is 1. The molecule has 2 heterocycles. The molecule has 0 N–H and O–H groups in total. The van der Waals surface area contributed by atoms with E-state index in [1.165, 1.54) is 24.2 Å². The van der Waals surface area contributed by atoms with Crippen molar-refractivity contribution in [3.8, 4) is 16.9 Å². The van der Waals surface area contributed by atoms with Gasteiger partial charge in [-0.1, -0.05) is 12.1 Å². The smallest absolute Gasteiger partial charge is 0.349 e. The predicted octanol–water partition coefficient (Wildman–Crippen LogP) is 5.39. The van der Waals surface area contributed by atoms with Crippen LogP contribution in [0, 0.1) is 0 Å². The SMILES string of the molecule is CCOC(=O)c1sc2ncccc2c1-c1ccc(OC2CCC(N(C)C)CC2)cc1. The molecule has 1 aliphatic rings. The van der Waals surface area contributed by atoms with Crippen LogP contribution in [-0.2, 0) is 4.74 Å². The normalized spacial score (nSPS) is 19.2. The van der Waals surface area contributed by atoms with Crippen LogP contribution in [0.15, 0.2) is 42.6 Å². The molecule has 0 aliphatic heterocycles. The van der Waals surface area contributed by atoms with Crippen LogP contribution in [0.3, 0.4) is 0 Å². The van der Waals surface area contributed by atoms with Gasteiger partial charge in [0.05, 0.1) is 12.7 Å². The minimum atomic E-state index is -0.298. The summed E-state index contributed by atoms with van der Waals surface area (Å²) in [5, 5.41) is 0.973. The van der Waals surface area contributed by atoms with Crippen LogP contribution in [0.1, 0.15) is 42.3 Å². The number of nitrogens with zero attached hydrogens (tertiary/aromatic N) is 2. The molecule has 0 amide bonds. The van der Waals surface area contributed by atoms with Crippen LogP contribution in [0.5, 0.6) is 5.75 Å². The molecule has 6 heteroatoms. The number of carbonyl (C=O) groups is 1. The first-order valence-corrected chi connectivity index (χ1v) is 11.4. The first kappa shape index (κ1) is 20.8. The Morgan fingerprint density at radius 1 is 1.13 bits per heavy atom. The summed E-state index contributed by atoms with van der Waals surface area (Å²) in [5.74, 6) is 0.580. The van der Waals surface area contributed by atoms with E-state index in [9.17, 15) is 4.79 Å². The van der Waals surface area contributed by atoms with Crippen molar-refractivity contribution in [2.24, 2.45) is 0 Å². The Hall–Kier alpha value is -2.44. The average molecular weight is 425 g/mol. The highest BCUT2D eigenvalue weighted by molar-refractivity contribution is 7.21. The summed E-state index contributed by atoms with van der Waals surface area (Å²) >= 11 is 1.38. The summed E-state index contributed by atoms with van der Waals surface area (Å²) in [6.07, 6.45) is 6.53. The number of pyridine rings is 1. The van der Waals surface area contributed by atoms with Gasteiger partial charge in [-0.15, -0.1) is 11.3 Å². The van der Waals surface area contributed by atoms with Crippen LogP contribution in [0.2, 0.25) is 0 Å². The monoisotopic (exact) mass is 424 g/mol. The van der Waals surface area contributed by atoms with Crippen molar-refractivity contribution in [1.82, 2.24) is 9.88 Å². The molecule has 1 saturated carbocycles. The number of esters is 1. The number of hydrogen-bond acceptors (Lipinski definition) is 6. The summed E-state index contributed by atoms with van der Waals surface area (Å²) in [6, 6.07) is 12.6. The number of hydrogen-bond donors (Lipinski definition) is 0. The second-order valence-corrected chi connectivity index (χ2v) is 8.92. The third-order valence-electron chi connectivity index (χ3n) is 5.75. The molecule has 0 bridgehead atoms. The van der Waals surface area contributed by atoms with Gasteiger partial charge in [-0.25, -0.2) is 9.78 Å². The number of thiophene rings is 1. The molecule has 1 fully saturated rings. The Kier molecular flexibility index (Phi) is 6.35. The summed E-state index contributed by atoms with van der Waals surface area (Å²) in [5.41, 5.74) is 1.86. The fraction of sp³-hybridized carbons (Fsp3) is 0.417. The van der Waals surface area contributed by atoms with Gasteiger partial charge < -0.3 is 14.4 Å². The van der Waals surface area contributed by atoms with Gasteiger partial charge in [0.25, 0.3) is 0 Å². The molecule has 0 unspecified atom stereocenters. The Morgan fingerprint density at radius 3 is 2.53 bits per heavy atom. The van der Waals surface area contributed by atoms with E-state index in [2.05, 4.69) is 24.0 Å². The molecule has 1 aromatic carbocycles. The second kappa shape index (κ2) is 9.14. The molecule has 4 rings (SSSR count). The lowest BCUT2D eigenvalue weighted by Gasteiger charge is -2.32. The Morgan fingerprint density at radius 2 is 1.87 bits per heavy atom. The number of rotatable bonds is 6. The van der Waals surface area contributed by atoms with E-state index < -0.39 is 0 Å². The molecule has 1 aliphatic carbocycles. The lowest BCUT2D eigenvalue weighted by Crippen LogP contribution is -2.35. The quantitative estimate of drug-likeness (QED) is 0.497. The highest BCUT2D eigenvalue weighted by atomic mass is 32.1. The van der Waals surface area contributed by atoms with Crippen LogP contribution in [0.25, 0.3) is 21.3 Å². The summed E-state index contributed by atoms with van der Waals surface area (Å²) < 4.78 is 11.5. The minimum absolute atomic E-state index is 0.272. The highest BCUT2D eigenvalue weighted by Gasteiger charge is 2.24. The van der Waals surface area contributed by atoms with Crippen molar-refractivity contribution in [1.29, 1.82) is 0 Å². The van der Waals surface area contributed by atoms with Crippen LogP contribution >= 0.6 is 11.3 Å². The van der Waals surface area contributed by atoms with E-state index in [-0.39, 0.29) is 12.1 Å². The molecular formula is C24H28N2O3S. The maximum Gasteiger partial charge on any atom is 0.349 e. The van der Waals surface area contributed by atoms with Crippen molar-refractivity contribution < 1.29 is 14.3 Å². The Balaban J connectivity index is 1.55. The average Bonchev–Trinajstić information content (AvgIpc) is 3.15. The van der Waals surface area contributed by atoms with Crippen molar-refractivity contribution in [3.63, 3.8) is 0 Å². The lowest BCUT2D eigenvalue weighted by molar-refractivity contribution is 0.0533. The molecular weight excluding hydrogens is 396 g/mol. The van der Waals surface area contributed by atoms with Crippen molar-refractivity contribution in [3.05, 3.63) is 47.5 Å². The van der Waals surface area contributed by atoms with Crippen molar-refractivity contribution in [2.45, 2.75) is 44.8 Å². The molecule has 0 radical (unpaired) electrons. The zero-order chi connectivity index (χ0) is 21.1. The topological polar surface area (TPSA) is 51.7 Å². The van der Waals surface area contributed by atoms with E-state index in [1.54, 1.807) is 6.20 Å². The minimum Gasteiger partial charge on any atom is -0.490 e. The second-order valence-electron chi connectivity index (χ2n) is 7.92. The number of aromatic nitrogens is 1. The van der Waals surface area contributed by atoms with Gasteiger partial charge in [-0.2, -0.15) is 0 Å². The third kappa shape index (κ3) is 4.35. The number of fused-ring (bicyclic) bond motifs is 1. The van der Waals surface area contributed by atoms with Crippen LogP contribution in [-0.4, -0.2) is 48.7 Å². The number of ether oxygens (including phenoxy) is 2. The van der Waals surface area contributed by atoms with Gasteiger partial charge in [0, 0.05) is 23.2 Å². The Labute approximate surface area is 181 Å². The fourth-order valence-electron chi connectivity index (χ4n) is 4.13. The fourth-order valence-corrected chi connectivity index (χ4v) is 5.19. The predicted molar refractivity (Wildman–Crippen MR) is 121 cm³/mol. The summed E-state index contributed by atoms with van der Waals surface area (Å²) in [7, 11) is 4.30. The van der Waals surface area contributed by atoms with Gasteiger partial charge in [-0.05, 0) is 76.5 Å². The van der Waals surface area contributed by atoms with Gasteiger partial charge in [0.15, 0.2) is 0 Å². The lowest BCUT2D eigenvalue weighted by atomic mass is 9.92. The zero-order valence-corrected chi connectivity index (χ0v) is 18.6. The summed E-state index contributed by atoms with van der Waals surface area (Å²) in [4.78, 5) is 20.7. The van der Waals surface area contributed by atoms with E-state index in [4.69, 9.17) is 9.47 Å². The van der Waals surface area contributed by atoms with Gasteiger partial charge in [0.1, 0.15) is 15.5 Å². The van der Waals surface area contributed by atoms with E-state index in [1.807, 2.05) is 43.3 Å². The van der Waals surface area contributed by atoms with Gasteiger partial charge in [0.2, 0.25) is 0 Å². The maximum atomic E-state index is 12.5. The van der Waals surface area contributed by atoms with Gasteiger partial charge in [-0.3, -0.25) is 0 Å². The first-order chi connectivity index (χ1) is 14.6. The standard InChI is InChI=1S/C24H28N2O3S/c1-4-28-24(27)22-21(20-6-5-15-25-23(20)30-22)16-7-11-18(12-8-16)29-19-13-9-17(10-14-19)26(2)3/h5-8,11-12,15,17,19H,4,9-10,13-14H2,1-3H3. The molecule has 0 atom stereocenters. The molecule has 0 saturated heterocycles. The first-order valence-electron chi connectivity index (χ1n) is 10.5. The van der Waals surface area contributed by atoms with Crippen LogP contribution < -0.4 is 4.74 Å². The molecule has 30 heavy (non-hydrogen) atoms. The maximum absolute atomic E-state index is 12.5. The molecule has 2 aromatic heterocycles. The Bertz CT molecular complexity index is 1000. The van der Waals surface area contributed by atoms with Gasteiger partial charge >= 0.3 is 5.97 Å². The molecule has 5 nitrogen and oxygen atoms in total. The zero-order valence-electron chi connectivity index (χ0n) is 17.8. The molecule has 158 valence electrons. The molecule has 3 aromatic rings. The third-order valence-corrected chi connectivity index (χ3v) is 6.84. The van der Waals surface area contributed by atoms with E-state index in [0.29, 0.717) is 17.5 Å².